The van der Waals surface area contributed by atoms with Gasteiger partial charge >= 0.3 is 0 Å². The number of halogens is 1. The van der Waals surface area contributed by atoms with Gasteiger partial charge in [-0.25, -0.2) is 0 Å². The molecule has 2 fully saturated rings. The second-order valence-corrected chi connectivity index (χ2v) is 7.12. The summed E-state index contributed by atoms with van der Waals surface area (Å²) in [5, 5.41) is 13.5. The minimum absolute atomic E-state index is 0.144. The van der Waals surface area contributed by atoms with Crippen LogP contribution in [0.5, 0.6) is 0 Å². The third kappa shape index (κ3) is 3.35. The lowest BCUT2D eigenvalue weighted by Gasteiger charge is -2.37. The molecule has 20 heavy (non-hydrogen) atoms. The van der Waals surface area contributed by atoms with Gasteiger partial charge in [-0.05, 0) is 48.9 Å². The van der Waals surface area contributed by atoms with Crippen LogP contribution in [0.2, 0.25) is 0 Å². The first-order chi connectivity index (χ1) is 9.63. The molecule has 1 aliphatic carbocycles. The molecule has 110 valence electrons. The topological polar surface area (TPSA) is 35.5 Å². The Morgan fingerprint density at radius 2 is 2.15 bits per heavy atom. The van der Waals surface area contributed by atoms with E-state index in [2.05, 4.69) is 51.3 Å². The maximum absolute atomic E-state index is 9.89. The summed E-state index contributed by atoms with van der Waals surface area (Å²) < 4.78 is 1.14. The van der Waals surface area contributed by atoms with Gasteiger partial charge in [-0.15, -0.1) is 0 Å². The Labute approximate surface area is 129 Å². The second-order valence-electron chi connectivity index (χ2n) is 6.21. The van der Waals surface area contributed by atoms with E-state index in [0.717, 1.165) is 36.6 Å². The van der Waals surface area contributed by atoms with Gasteiger partial charge in [-0.1, -0.05) is 22.9 Å². The molecule has 2 N–H and O–H groups in total. The van der Waals surface area contributed by atoms with Crippen molar-refractivity contribution < 1.29 is 5.11 Å². The number of hydrogen-bond acceptors (Lipinski definition) is 3. The van der Waals surface area contributed by atoms with Crippen molar-refractivity contribution in [3.05, 3.63) is 28.2 Å². The monoisotopic (exact) mass is 338 g/mol. The van der Waals surface area contributed by atoms with Crippen molar-refractivity contribution >= 4 is 21.6 Å². The Morgan fingerprint density at radius 1 is 1.35 bits per heavy atom. The minimum atomic E-state index is -0.144. The Bertz CT molecular complexity index is 476. The molecule has 3 nitrogen and oxygen atoms in total. The van der Waals surface area contributed by atoms with E-state index in [1.54, 1.807) is 0 Å². The normalized spacial score (nSPS) is 26.9. The molecule has 0 amide bonds. The average Bonchev–Trinajstić information content (AvgIpc) is 3.24. The minimum Gasteiger partial charge on any atom is -0.393 e. The second kappa shape index (κ2) is 6.04. The molecule has 1 aromatic carbocycles. The fourth-order valence-corrected chi connectivity index (χ4v) is 3.31. The van der Waals surface area contributed by atoms with Crippen LogP contribution in [-0.4, -0.2) is 30.3 Å². The largest absolute Gasteiger partial charge is 0.393 e. The Hall–Kier alpha value is -0.580. The summed E-state index contributed by atoms with van der Waals surface area (Å²) in [4.78, 5) is 2.42. The summed E-state index contributed by atoms with van der Waals surface area (Å²) in [6.07, 6.45) is 3.36. The van der Waals surface area contributed by atoms with E-state index >= 15 is 0 Å². The van der Waals surface area contributed by atoms with E-state index in [4.69, 9.17) is 0 Å². The van der Waals surface area contributed by atoms with E-state index in [1.807, 2.05) is 0 Å². The predicted octanol–water partition coefficient (Wildman–Crippen LogP) is 2.91. The summed E-state index contributed by atoms with van der Waals surface area (Å²) >= 11 is 3.58. The lowest BCUT2D eigenvalue weighted by atomic mass is 9.95. The van der Waals surface area contributed by atoms with Gasteiger partial charge < -0.3 is 15.3 Å². The van der Waals surface area contributed by atoms with Crippen LogP contribution in [-0.2, 0) is 6.54 Å². The molecule has 3 rings (SSSR count). The standard InChI is InChI=1S/C16H23BrN2O/c1-11-10-19(7-6-16(11)20)15-5-2-13(17)8-12(15)9-18-14-3-4-14/h2,5,8,11,14,16,18,20H,3-4,6-7,9-10H2,1H3. The number of piperidine rings is 1. The van der Waals surface area contributed by atoms with Crippen LogP contribution in [0.4, 0.5) is 5.69 Å². The fraction of sp³-hybridized carbons (Fsp3) is 0.625. The van der Waals surface area contributed by atoms with Crippen LogP contribution in [0, 0.1) is 5.92 Å². The number of aliphatic hydroxyl groups excluding tert-OH is 1. The Balaban J connectivity index is 1.76. The van der Waals surface area contributed by atoms with Crippen LogP contribution in [0.1, 0.15) is 31.7 Å². The van der Waals surface area contributed by atoms with Crippen molar-refractivity contribution in [1.82, 2.24) is 5.32 Å². The summed E-state index contributed by atoms with van der Waals surface area (Å²) in [6, 6.07) is 7.27. The van der Waals surface area contributed by atoms with Gasteiger partial charge in [0.25, 0.3) is 0 Å². The van der Waals surface area contributed by atoms with Crippen molar-refractivity contribution in [3.8, 4) is 0 Å². The van der Waals surface area contributed by atoms with Gasteiger partial charge in [0.05, 0.1) is 6.10 Å². The third-order valence-electron chi connectivity index (χ3n) is 4.40. The zero-order valence-electron chi connectivity index (χ0n) is 12.0. The maximum atomic E-state index is 9.89. The highest BCUT2D eigenvalue weighted by Crippen LogP contribution is 2.30. The molecule has 4 heteroatoms. The zero-order chi connectivity index (χ0) is 14.1. The SMILES string of the molecule is CC1CN(c2ccc(Br)cc2CNC2CC2)CCC1O. The highest BCUT2D eigenvalue weighted by atomic mass is 79.9. The van der Waals surface area contributed by atoms with E-state index in [0.29, 0.717) is 5.92 Å². The Morgan fingerprint density at radius 3 is 2.85 bits per heavy atom. The van der Waals surface area contributed by atoms with Crippen LogP contribution in [0.25, 0.3) is 0 Å². The molecule has 0 spiro atoms. The molecule has 1 saturated heterocycles. The van der Waals surface area contributed by atoms with Crippen LogP contribution in [0.15, 0.2) is 22.7 Å². The van der Waals surface area contributed by atoms with Gasteiger partial charge in [-0.3, -0.25) is 0 Å². The molecule has 2 aliphatic rings. The average molecular weight is 339 g/mol. The first-order valence-corrected chi connectivity index (χ1v) is 8.37. The molecule has 0 bridgehead atoms. The highest BCUT2D eigenvalue weighted by molar-refractivity contribution is 9.10. The van der Waals surface area contributed by atoms with E-state index in [1.165, 1.54) is 24.1 Å². The summed E-state index contributed by atoms with van der Waals surface area (Å²) in [5.74, 6) is 0.344. The molecule has 0 radical (unpaired) electrons. The molecule has 1 aliphatic heterocycles. The summed E-state index contributed by atoms with van der Waals surface area (Å²) in [5.41, 5.74) is 2.68. The highest BCUT2D eigenvalue weighted by Gasteiger charge is 2.26. The van der Waals surface area contributed by atoms with E-state index < -0.39 is 0 Å². The van der Waals surface area contributed by atoms with Crippen molar-refractivity contribution in [3.63, 3.8) is 0 Å². The summed E-state index contributed by atoms with van der Waals surface area (Å²) in [6.45, 7) is 4.97. The fourth-order valence-electron chi connectivity index (χ4n) is 2.90. The van der Waals surface area contributed by atoms with Crippen molar-refractivity contribution in [2.45, 2.75) is 44.9 Å². The van der Waals surface area contributed by atoms with Crippen molar-refractivity contribution in [2.75, 3.05) is 18.0 Å². The lowest BCUT2D eigenvalue weighted by molar-refractivity contribution is 0.0970. The smallest absolute Gasteiger partial charge is 0.0599 e. The molecular formula is C16H23BrN2O. The quantitative estimate of drug-likeness (QED) is 0.885. The zero-order valence-corrected chi connectivity index (χ0v) is 13.6. The first kappa shape index (κ1) is 14.4. The van der Waals surface area contributed by atoms with E-state index in [-0.39, 0.29) is 6.10 Å². The number of hydrogen-bond donors (Lipinski definition) is 2. The van der Waals surface area contributed by atoms with Gasteiger partial charge in [0, 0.05) is 35.8 Å². The molecule has 2 unspecified atom stereocenters. The number of nitrogens with zero attached hydrogens (tertiary/aromatic N) is 1. The number of anilines is 1. The molecular weight excluding hydrogens is 316 g/mol. The number of benzene rings is 1. The number of rotatable bonds is 4. The molecule has 1 saturated carbocycles. The third-order valence-corrected chi connectivity index (χ3v) is 4.89. The predicted molar refractivity (Wildman–Crippen MR) is 86.0 cm³/mol. The van der Waals surface area contributed by atoms with Gasteiger partial charge in [0.15, 0.2) is 0 Å². The molecule has 1 aromatic rings. The molecule has 2 atom stereocenters. The first-order valence-electron chi connectivity index (χ1n) is 7.58. The van der Waals surface area contributed by atoms with Crippen LogP contribution in [0.3, 0.4) is 0 Å². The van der Waals surface area contributed by atoms with Gasteiger partial charge in [0.2, 0.25) is 0 Å². The number of nitrogens with one attached hydrogen (secondary N) is 1. The van der Waals surface area contributed by atoms with E-state index in [9.17, 15) is 5.11 Å². The van der Waals surface area contributed by atoms with Crippen molar-refractivity contribution in [2.24, 2.45) is 5.92 Å². The maximum Gasteiger partial charge on any atom is 0.0599 e. The molecule has 0 aromatic heterocycles. The van der Waals surface area contributed by atoms with Gasteiger partial charge in [-0.2, -0.15) is 0 Å². The molecule has 1 heterocycles. The van der Waals surface area contributed by atoms with Crippen LogP contribution < -0.4 is 10.2 Å². The van der Waals surface area contributed by atoms with Crippen molar-refractivity contribution in [1.29, 1.82) is 0 Å². The number of aliphatic hydroxyl groups is 1. The van der Waals surface area contributed by atoms with Gasteiger partial charge in [0.1, 0.15) is 0 Å². The summed E-state index contributed by atoms with van der Waals surface area (Å²) in [7, 11) is 0. The lowest BCUT2D eigenvalue weighted by Crippen LogP contribution is -2.42. The van der Waals surface area contributed by atoms with Crippen LogP contribution >= 0.6 is 15.9 Å². The Kier molecular flexibility index (Phi) is 4.34.